The summed E-state index contributed by atoms with van der Waals surface area (Å²) in [5.74, 6) is -1.11. The fraction of sp³-hybridized carbons (Fsp3) is 0.286. The molecule has 0 radical (unpaired) electrons. The summed E-state index contributed by atoms with van der Waals surface area (Å²) in [7, 11) is 0. The summed E-state index contributed by atoms with van der Waals surface area (Å²) < 4.78 is 6.43. The number of nitrogens with zero attached hydrogens (tertiary/aromatic N) is 3. The number of nitrogens with two attached hydrogens (primary N) is 1. The molecule has 0 saturated carbocycles. The SMILES string of the molecule is Cc1c(C(N)=O)nnn1CC(=O)OCCc1ccccc1. The molecule has 0 aliphatic heterocycles. The lowest BCUT2D eigenvalue weighted by molar-refractivity contribution is -0.144. The van der Waals surface area contributed by atoms with Crippen molar-refractivity contribution in [1.29, 1.82) is 0 Å². The molecule has 110 valence electrons. The minimum Gasteiger partial charge on any atom is -0.464 e. The normalized spacial score (nSPS) is 10.3. The van der Waals surface area contributed by atoms with E-state index in [1.807, 2.05) is 30.3 Å². The summed E-state index contributed by atoms with van der Waals surface area (Å²) in [6.45, 7) is 1.82. The number of carbonyl (C=O) groups excluding carboxylic acids is 2. The van der Waals surface area contributed by atoms with E-state index in [9.17, 15) is 9.59 Å². The Balaban J connectivity index is 1.83. The molecule has 0 unspecified atom stereocenters. The van der Waals surface area contributed by atoms with Crippen LogP contribution < -0.4 is 5.73 Å². The molecule has 1 amide bonds. The van der Waals surface area contributed by atoms with E-state index in [1.54, 1.807) is 6.92 Å². The molecule has 21 heavy (non-hydrogen) atoms. The van der Waals surface area contributed by atoms with E-state index < -0.39 is 11.9 Å². The molecule has 2 aromatic rings. The van der Waals surface area contributed by atoms with Crippen LogP contribution in [0.15, 0.2) is 30.3 Å². The highest BCUT2D eigenvalue weighted by molar-refractivity contribution is 5.91. The lowest BCUT2D eigenvalue weighted by Gasteiger charge is -2.06. The first-order chi connectivity index (χ1) is 10.1. The molecule has 2 rings (SSSR count). The number of ether oxygens (including phenoxy) is 1. The molecule has 1 heterocycles. The van der Waals surface area contributed by atoms with Crippen molar-refractivity contribution in [1.82, 2.24) is 15.0 Å². The van der Waals surface area contributed by atoms with Crippen LogP contribution in [0.5, 0.6) is 0 Å². The number of aromatic nitrogens is 3. The Morgan fingerprint density at radius 1 is 1.29 bits per heavy atom. The molecular formula is C14H16N4O3. The highest BCUT2D eigenvalue weighted by atomic mass is 16.5. The lowest BCUT2D eigenvalue weighted by Crippen LogP contribution is -2.18. The van der Waals surface area contributed by atoms with Crippen molar-refractivity contribution in [2.24, 2.45) is 5.73 Å². The van der Waals surface area contributed by atoms with Crippen molar-refractivity contribution >= 4 is 11.9 Å². The van der Waals surface area contributed by atoms with Crippen LogP contribution in [0.1, 0.15) is 21.7 Å². The molecule has 1 aromatic carbocycles. The second-order valence-corrected chi connectivity index (χ2v) is 4.50. The summed E-state index contributed by atoms with van der Waals surface area (Å²) in [5, 5.41) is 7.34. The van der Waals surface area contributed by atoms with Gasteiger partial charge in [-0.05, 0) is 12.5 Å². The fourth-order valence-corrected chi connectivity index (χ4v) is 1.83. The quantitative estimate of drug-likeness (QED) is 0.779. The van der Waals surface area contributed by atoms with Crippen molar-refractivity contribution in [3.63, 3.8) is 0 Å². The van der Waals surface area contributed by atoms with Crippen LogP contribution in [0.3, 0.4) is 0 Å². The van der Waals surface area contributed by atoms with Crippen LogP contribution in [0, 0.1) is 6.92 Å². The van der Waals surface area contributed by atoms with Gasteiger partial charge in [0.1, 0.15) is 6.54 Å². The number of carbonyl (C=O) groups is 2. The monoisotopic (exact) mass is 288 g/mol. The molecule has 7 nitrogen and oxygen atoms in total. The third-order valence-corrected chi connectivity index (χ3v) is 2.99. The summed E-state index contributed by atoms with van der Waals surface area (Å²) in [6.07, 6.45) is 0.648. The Bertz CT molecular complexity index is 637. The third-order valence-electron chi connectivity index (χ3n) is 2.99. The van der Waals surface area contributed by atoms with Crippen LogP contribution in [-0.2, 0) is 22.5 Å². The topological polar surface area (TPSA) is 100 Å². The number of primary amides is 1. The second-order valence-electron chi connectivity index (χ2n) is 4.50. The summed E-state index contributed by atoms with van der Waals surface area (Å²) in [5.41, 5.74) is 6.74. The van der Waals surface area contributed by atoms with E-state index in [2.05, 4.69) is 10.3 Å². The van der Waals surface area contributed by atoms with Gasteiger partial charge in [0, 0.05) is 6.42 Å². The van der Waals surface area contributed by atoms with Crippen LogP contribution in [0.2, 0.25) is 0 Å². The predicted octanol–water partition coefficient (Wildman–Crippen LogP) is 0.471. The van der Waals surface area contributed by atoms with Gasteiger partial charge in [-0.2, -0.15) is 0 Å². The van der Waals surface area contributed by atoms with Crippen LogP contribution in [-0.4, -0.2) is 33.5 Å². The molecule has 1 aromatic heterocycles. The van der Waals surface area contributed by atoms with E-state index >= 15 is 0 Å². The van der Waals surface area contributed by atoms with E-state index in [-0.39, 0.29) is 12.2 Å². The number of amides is 1. The standard InChI is InChI=1S/C14H16N4O3/c1-10-13(14(15)20)16-17-18(10)9-12(19)21-8-7-11-5-3-2-4-6-11/h2-6H,7-9H2,1H3,(H2,15,20). The zero-order valence-electron chi connectivity index (χ0n) is 11.7. The van der Waals surface area contributed by atoms with Gasteiger partial charge in [-0.25, -0.2) is 4.68 Å². The van der Waals surface area contributed by atoms with Gasteiger partial charge in [0.05, 0.1) is 12.3 Å². The van der Waals surface area contributed by atoms with Gasteiger partial charge in [-0.3, -0.25) is 9.59 Å². The van der Waals surface area contributed by atoms with Crippen molar-refractivity contribution in [3.8, 4) is 0 Å². The third kappa shape index (κ3) is 3.88. The summed E-state index contributed by atoms with van der Waals surface area (Å²) in [6, 6.07) is 9.73. The Kier molecular flexibility index (Phi) is 4.65. The van der Waals surface area contributed by atoms with E-state index in [0.717, 1.165) is 5.56 Å². The van der Waals surface area contributed by atoms with Gasteiger partial charge in [-0.1, -0.05) is 35.5 Å². The zero-order chi connectivity index (χ0) is 15.2. The summed E-state index contributed by atoms with van der Waals surface area (Å²) in [4.78, 5) is 22.7. The Morgan fingerprint density at radius 3 is 2.62 bits per heavy atom. The predicted molar refractivity (Wildman–Crippen MR) is 74.4 cm³/mol. The molecule has 0 aliphatic carbocycles. The molecule has 0 aliphatic rings. The van der Waals surface area contributed by atoms with Crippen LogP contribution in [0.25, 0.3) is 0 Å². The maximum atomic E-state index is 11.7. The largest absolute Gasteiger partial charge is 0.464 e. The van der Waals surface area contributed by atoms with Gasteiger partial charge in [0.15, 0.2) is 5.69 Å². The Morgan fingerprint density at radius 2 is 2.00 bits per heavy atom. The number of benzene rings is 1. The first-order valence-electron chi connectivity index (χ1n) is 6.47. The van der Waals surface area contributed by atoms with Gasteiger partial charge in [0.2, 0.25) is 0 Å². The molecule has 2 N–H and O–H groups in total. The van der Waals surface area contributed by atoms with Crippen molar-refractivity contribution < 1.29 is 14.3 Å². The molecule has 0 atom stereocenters. The van der Waals surface area contributed by atoms with Crippen molar-refractivity contribution in [2.45, 2.75) is 19.9 Å². The number of esters is 1. The molecule has 0 saturated heterocycles. The van der Waals surface area contributed by atoms with E-state index in [0.29, 0.717) is 18.7 Å². The van der Waals surface area contributed by atoms with Gasteiger partial charge < -0.3 is 10.5 Å². The average Bonchev–Trinajstić information content (AvgIpc) is 2.81. The molecule has 7 heteroatoms. The zero-order valence-corrected chi connectivity index (χ0v) is 11.7. The first kappa shape index (κ1) is 14.7. The van der Waals surface area contributed by atoms with Gasteiger partial charge in [0.25, 0.3) is 5.91 Å². The highest BCUT2D eigenvalue weighted by Gasteiger charge is 2.15. The van der Waals surface area contributed by atoms with Crippen molar-refractivity contribution in [2.75, 3.05) is 6.61 Å². The van der Waals surface area contributed by atoms with Gasteiger partial charge in [-0.15, -0.1) is 5.10 Å². The van der Waals surface area contributed by atoms with E-state index in [4.69, 9.17) is 10.5 Å². The van der Waals surface area contributed by atoms with Crippen molar-refractivity contribution in [3.05, 3.63) is 47.3 Å². The minimum atomic E-state index is -0.670. The molecule has 0 bridgehead atoms. The number of hydrogen-bond acceptors (Lipinski definition) is 5. The maximum absolute atomic E-state index is 11.7. The lowest BCUT2D eigenvalue weighted by atomic mass is 10.2. The first-order valence-corrected chi connectivity index (χ1v) is 6.47. The highest BCUT2D eigenvalue weighted by Crippen LogP contribution is 2.03. The molecule has 0 spiro atoms. The number of hydrogen-bond donors (Lipinski definition) is 1. The van der Waals surface area contributed by atoms with Crippen LogP contribution in [0.4, 0.5) is 0 Å². The molecule has 0 fully saturated rings. The average molecular weight is 288 g/mol. The Labute approximate surface area is 121 Å². The maximum Gasteiger partial charge on any atom is 0.327 e. The van der Waals surface area contributed by atoms with Crippen LogP contribution >= 0.6 is 0 Å². The van der Waals surface area contributed by atoms with Gasteiger partial charge >= 0.3 is 5.97 Å². The summed E-state index contributed by atoms with van der Waals surface area (Å²) >= 11 is 0. The fourth-order valence-electron chi connectivity index (χ4n) is 1.83. The molecular weight excluding hydrogens is 272 g/mol. The second kappa shape index (κ2) is 6.65. The number of rotatable bonds is 6. The smallest absolute Gasteiger partial charge is 0.327 e. The van der Waals surface area contributed by atoms with E-state index in [1.165, 1.54) is 4.68 Å². The Hall–Kier alpha value is -2.70. The minimum absolute atomic E-state index is 0.0621.